The number of fused-ring (bicyclic) bond motifs is 3. The van der Waals surface area contributed by atoms with E-state index in [2.05, 4.69) is 16.4 Å². The monoisotopic (exact) mass is 577 g/mol. The van der Waals surface area contributed by atoms with Crippen LogP contribution in [0.1, 0.15) is 16.7 Å². The fourth-order valence-electron chi connectivity index (χ4n) is 4.56. The van der Waals surface area contributed by atoms with Gasteiger partial charge in [-0.15, -0.1) is 0 Å². The maximum atomic E-state index is 12.5. The Balaban J connectivity index is 1.31. The summed E-state index contributed by atoms with van der Waals surface area (Å²) in [5.41, 5.74) is 5.74. The molecule has 41 heavy (non-hydrogen) atoms. The molecule has 1 aromatic heterocycles. The Kier molecular flexibility index (Phi) is 8.27. The number of aryl methyl sites for hydroxylation is 3. The van der Waals surface area contributed by atoms with E-state index in [-0.39, 0.29) is 18.1 Å². The Labute approximate surface area is 239 Å². The topological polar surface area (TPSA) is 118 Å². The molecule has 0 bridgehead atoms. The second-order valence-electron chi connectivity index (χ2n) is 9.36. The summed E-state index contributed by atoms with van der Waals surface area (Å²) in [4.78, 5) is 9.40. The summed E-state index contributed by atoms with van der Waals surface area (Å²) in [7, 11) is 0.746. The van der Waals surface area contributed by atoms with Crippen LogP contribution in [0.5, 0.6) is 23.0 Å². The number of aromatic nitrogens is 2. The van der Waals surface area contributed by atoms with Gasteiger partial charge in [0.1, 0.15) is 19.0 Å². The number of nitrogens with one attached hydrogen (secondary N) is 1. The minimum absolute atomic E-state index is 0.0542. The van der Waals surface area contributed by atoms with E-state index in [0.717, 1.165) is 41.0 Å². The summed E-state index contributed by atoms with van der Waals surface area (Å²) in [5, 5.41) is 3.23. The molecule has 0 atom stereocenters. The third kappa shape index (κ3) is 6.21. The van der Waals surface area contributed by atoms with Crippen LogP contribution in [0.4, 0.5) is 11.6 Å². The number of hydrogen-bond acceptors (Lipinski definition) is 10. The normalized spacial score (nSPS) is 12.2. The van der Waals surface area contributed by atoms with Gasteiger partial charge in [0.05, 0.1) is 31.9 Å². The van der Waals surface area contributed by atoms with Crippen LogP contribution in [0.15, 0.2) is 65.7 Å². The minimum Gasteiger partial charge on any atom is -0.497 e. The first-order valence-corrected chi connectivity index (χ1v) is 14.4. The number of anilines is 2. The third-order valence-corrected chi connectivity index (χ3v) is 8.02. The quantitative estimate of drug-likeness (QED) is 0.190. The first kappa shape index (κ1) is 28.2. The molecule has 0 saturated heterocycles. The van der Waals surface area contributed by atoms with E-state index in [4.69, 9.17) is 28.1 Å². The predicted molar refractivity (Wildman–Crippen MR) is 154 cm³/mol. The third-order valence-electron chi connectivity index (χ3n) is 6.69. The van der Waals surface area contributed by atoms with Crippen LogP contribution in [0.2, 0.25) is 0 Å². The van der Waals surface area contributed by atoms with Crippen LogP contribution >= 0.6 is 0 Å². The smallest absolute Gasteiger partial charge is 0.297 e. The van der Waals surface area contributed by atoms with Gasteiger partial charge in [-0.3, -0.25) is 4.18 Å². The average molecular weight is 578 g/mol. The van der Waals surface area contributed by atoms with E-state index < -0.39 is 10.1 Å². The van der Waals surface area contributed by atoms with Crippen molar-refractivity contribution in [2.24, 2.45) is 0 Å². The fourth-order valence-corrected chi connectivity index (χ4v) is 5.45. The lowest BCUT2D eigenvalue weighted by molar-refractivity contribution is 0.208. The molecule has 1 aliphatic rings. The second-order valence-corrected chi connectivity index (χ2v) is 11.0. The van der Waals surface area contributed by atoms with Gasteiger partial charge in [0.25, 0.3) is 10.1 Å². The zero-order valence-corrected chi connectivity index (χ0v) is 24.1. The Morgan fingerprint density at radius 3 is 2.24 bits per heavy atom. The molecule has 1 heterocycles. The van der Waals surface area contributed by atoms with Gasteiger partial charge >= 0.3 is 0 Å². The van der Waals surface area contributed by atoms with Gasteiger partial charge in [-0.2, -0.15) is 8.42 Å². The molecule has 1 N–H and O–H groups in total. The lowest BCUT2D eigenvalue weighted by Crippen LogP contribution is -2.13. The van der Waals surface area contributed by atoms with Gasteiger partial charge < -0.3 is 24.3 Å². The highest BCUT2D eigenvalue weighted by Gasteiger charge is 2.21. The van der Waals surface area contributed by atoms with Gasteiger partial charge in [-0.25, -0.2) is 9.97 Å². The second kappa shape index (κ2) is 12.0. The number of rotatable bonds is 11. The molecule has 3 aromatic carbocycles. The summed E-state index contributed by atoms with van der Waals surface area (Å²) < 4.78 is 52.4. The molecule has 10 nitrogen and oxygen atoms in total. The van der Waals surface area contributed by atoms with Crippen molar-refractivity contribution in [3.05, 3.63) is 77.5 Å². The van der Waals surface area contributed by atoms with E-state index in [1.54, 1.807) is 31.4 Å². The molecule has 0 saturated carbocycles. The summed E-state index contributed by atoms with van der Waals surface area (Å²) in [6, 6.07) is 15.9. The molecule has 0 radical (unpaired) electrons. The molecular formula is C30H31N3O7S. The molecule has 0 spiro atoms. The van der Waals surface area contributed by atoms with E-state index in [1.165, 1.54) is 31.9 Å². The number of benzene rings is 3. The first-order chi connectivity index (χ1) is 19.8. The Morgan fingerprint density at radius 2 is 1.56 bits per heavy atom. The van der Waals surface area contributed by atoms with E-state index >= 15 is 0 Å². The molecular weight excluding hydrogens is 546 g/mol. The lowest BCUT2D eigenvalue weighted by Gasteiger charge is -2.20. The molecule has 0 aliphatic heterocycles. The first-order valence-electron chi connectivity index (χ1n) is 13.0. The standard InChI is InChI=1S/C30H31N3O7S/c1-19-5-11-24(12-6-19)41(34,35)40-14-13-39-29-26(37-3)15-22(16-27(29)38-4)32-30-31-18-21-8-7-20-9-10-23(36-2)17-25(20)28(21)33-30/h5-6,9-12,15-18H,7-8,13-14H2,1-4H3,(H,31,32,33). The molecule has 1 aliphatic carbocycles. The zero-order chi connectivity index (χ0) is 29.0. The van der Waals surface area contributed by atoms with Crippen molar-refractivity contribution in [2.75, 3.05) is 39.9 Å². The van der Waals surface area contributed by atoms with Crippen LogP contribution in [0.25, 0.3) is 11.3 Å². The minimum atomic E-state index is -3.91. The van der Waals surface area contributed by atoms with Crippen molar-refractivity contribution in [1.29, 1.82) is 0 Å². The SMILES string of the molecule is COc1ccc2c(c1)-c1nc(Nc3cc(OC)c(OCCOS(=O)(=O)c4ccc(C)cc4)c(OC)c3)ncc1CC2. The van der Waals surface area contributed by atoms with Gasteiger partial charge in [0.15, 0.2) is 11.5 Å². The number of methoxy groups -OCH3 is 3. The highest BCUT2D eigenvalue weighted by molar-refractivity contribution is 7.86. The molecule has 5 rings (SSSR count). The molecule has 0 unspecified atom stereocenters. The van der Waals surface area contributed by atoms with Crippen molar-refractivity contribution in [2.45, 2.75) is 24.7 Å². The van der Waals surface area contributed by atoms with Crippen LogP contribution in [0.3, 0.4) is 0 Å². The maximum Gasteiger partial charge on any atom is 0.297 e. The van der Waals surface area contributed by atoms with Crippen LogP contribution < -0.4 is 24.3 Å². The van der Waals surface area contributed by atoms with Crippen LogP contribution in [0, 0.1) is 6.92 Å². The largest absolute Gasteiger partial charge is 0.497 e. The highest BCUT2D eigenvalue weighted by Crippen LogP contribution is 2.41. The molecule has 0 amide bonds. The van der Waals surface area contributed by atoms with Crippen molar-refractivity contribution in [3.8, 4) is 34.3 Å². The van der Waals surface area contributed by atoms with Crippen molar-refractivity contribution < 1.29 is 31.5 Å². The molecule has 4 aromatic rings. The van der Waals surface area contributed by atoms with Gasteiger partial charge in [-0.1, -0.05) is 23.8 Å². The van der Waals surface area contributed by atoms with Gasteiger partial charge in [0.2, 0.25) is 11.7 Å². The summed E-state index contributed by atoms with van der Waals surface area (Å²) in [6.45, 7) is 1.63. The van der Waals surface area contributed by atoms with E-state index in [1.807, 2.05) is 25.3 Å². The molecule has 11 heteroatoms. The summed E-state index contributed by atoms with van der Waals surface area (Å²) in [5.74, 6) is 2.24. The van der Waals surface area contributed by atoms with Crippen molar-refractivity contribution >= 4 is 21.8 Å². The lowest BCUT2D eigenvalue weighted by atomic mass is 9.90. The highest BCUT2D eigenvalue weighted by atomic mass is 32.2. The Hall–Kier alpha value is -4.35. The maximum absolute atomic E-state index is 12.5. The number of ether oxygens (including phenoxy) is 4. The fraction of sp³-hybridized carbons (Fsp3) is 0.267. The number of nitrogens with zero attached hydrogens (tertiary/aromatic N) is 2. The average Bonchev–Trinajstić information content (AvgIpc) is 2.99. The number of hydrogen-bond donors (Lipinski definition) is 1. The summed E-state index contributed by atoms with van der Waals surface area (Å²) in [6.07, 6.45) is 3.61. The predicted octanol–water partition coefficient (Wildman–Crippen LogP) is 5.10. The van der Waals surface area contributed by atoms with Crippen LogP contribution in [-0.2, 0) is 27.1 Å². The Morgan fingerprint density at radius 1 is 0.854 bits per heavy atom. The molecule has 214 valence electrons. The van der Waals surface area contributed by atoms with E-state index in [0.29, 0.717) is 28.9 Å². The van der Waals surface area contributed by atoms with Crippen molar-refractivity contribution in [1.82, 2.24) is 9.97 Å². The Bertz CT molecular complexity index is 1630. The molecule has 0 fully saturated rings. The van der Waals surface area contributed by atoms with E-state index in [9.17, 15) is 8.42 Å². The van der Waals surface area contributed by atoms with Crippen LogP contribution in [-0.4, -0.2) is 52.9 Å². The van der Waals surface area contributed by atoms with Crippen molar-refractivity contribution in [3.63, 3.8) is 0 Å². The van der Waals surface area contributed by atoms with Gasteiger partial charge in [0, 0.05) is 29.6 Å². The summed E-state index contributed by atoms with van der Waals surface area (Å²) >= 11 is 0. The van der Waals surface area contributed by atoms with Gasteiger partial charge in [-0.05, 0) is 55.2 Å². The zero-order valence-electron chi connectivity index (χ0n) is 23.3.